The fourth-order valence-electron chi connectivity index (χ4n) is 2.38. The van der Waals surface area contributed by atoms with Gasteiger partial charge in [0.15, 0.2) is 0 Å². The lowest BCUT2D eigenvalue weighted by atomic mass is 10.1. The highest BCUT2D eigenvalue weighted by Crippen LogP contribution is 2.30. The van der Waals surface area contributed by atoms with Crippen LogP contribution < -0.4 is 10.1 Å². The molecular weight excluding hydrogens is 294 g/mol. The van der Waals surface area contributed by atoms with E-state index in [9.17, 15) is 0 Å². The molecule has 3 aromatic rings. The van der Waals surface area contributed by atoms with Crippen LogP contribution >= 0.6 is 11.3 Å². The first-order valence-electron chi connectivity index (χ1n) is 7.35. The maximum Gasteiger partial charge on any atom is 0.138 e. The molecule has 0 spiro atoms. The number of ether oxygens (including phenoxy) is 1. The lowest BCUT2D eigenvalue weighted by molar-refractivity contribution is 0.414. The molecule has 4 nitrogen and oxygen atoms in total. The van der Waals surface area contributed by atoms with Crippen LogP contribution in [0.15, 0.2) is 36.7 Å². The van der Waals surface area contributed by atoms with Gasteiger partial charge in [-0.1, -0.05) is 19.1 Å². The Morgan fingerprint density at radius 3 is 2.68 bits per heavy atom. The number of thiophene rings is 1. The zero-order valence-corrected chi connectivity index (χ0v) is 13.8. The number of benzene rings is 1. The second-order valence-corrected chi connectivity index (χ2v) is 6.26. The maximum absolute atomic E-state index is 5.20. The summed E-state index contributed by atoms with van der Waals surface area (Å²) in [5.41, 5.74) is 1.19. The van der Waals surface area contributed by atoms with E-state index in [1.54, 1.807) is 24.8 Å². The number of rotatable bonds is 5. The first-order valence-corrected chi connectivity index (χ1v) is 8.16. The topological polar surface area (TPSA) is 47.0 Å². The van der Waals surface area contributed by atoms with Crippen molar-refractivity contribution in [3.63, 3.8) is 0 Å². The first kappa shape index (κ1) is 14.8. The van der Waals surface area contributed by atoms with Crippen molar-refractivity contribution in [3.05, 3.63) is 47.1 Å². The van der Waals surface area contributed by atoms with Crippen molar-refractivity contribution >= 4 is 27.4 Å². The molecule has 1 N–H and O–H groups in total. The number of aryl methyl sites for hydroxylation is 1. The third kappa shape index (κ3) is 2.90. The monoisotopic (exact) mass is 313 g/mol. The SMILES string of the molecule is CCc1cc2c(NC(C)c3ccc(OC)cc3)ncnc2s1. The van der Waals surface area contributed by atoms with Crippen LogP contribution in [-0.2, 0) is 6.42 Å². The van der Waals surface area contributed by atoms with Crippen molar-refractivity contribution in [1.29, 1.82) is 0 Å². The van der Waals surface area contributed by atoms with Gasteiger partial charge >= 0.3 is 0 Å². The summed E-state index contributed by atoms with van der Waals surface area (Å²) < 4.78 is 5.20. The smallest absolute Gasteiger partial charge is 0.138 e. The van der Waals surface area contributed by atoms with Gasteiger partial charge in [0.1, 0.15) is 22.7 Å². The van der Waals surface area contributed by atoms with E-state index in [0.717, 1.165) is 28.2 Å². The molecule has 0 aliphatic rings. The van der Waals surface area contributed by atoms with Crippen LogP contribution in [0, 0.1) is 0 Å². The highest BCUT2D eigenvalue weighted by Gasteiger charge is 2.11. The van der Waals surface area contributed by atoms with Gasteiger partial charge in [0.2, 0.25) is 0 Å². The summed E-state index contributed by atoms with van der Waals surface area (Å²) in [6.07, 6.45) is 2.65. The van der Waals surface area contributed by atoms with E-state index < -0.39 is 0 Å². The Morgan fingerprint density at radius 2 is 2.00 bits per heavy atom. The minimum absolute atomic E-state index is 0.161. The number of hydrogen-bond acceptors (Lipinski definition) is 5. The normalized spacial score (nSPS) is 12.3. The van der Waals surface area contributed by atoms with Crippen molar-refractivity contribution in [2.75, 3.05) is 12.4 Å². The van der Waals surface area contributed by atoms with Gasteiger partial charge in [0.25, 0.3) is 0 Å². The van der Waals surface area contributed by atoms with Gasteiger partial charge in [-0.25, -0.2) is 9.97 Å². The Labute approximate surface area is 134 Å². The minimum atomic E-state index is 0.161. The largest absolute Gasteiger partial charge is 0.497 e. The van der Waals surface area contributed by atoms with E-state index in [-0.39, 0.29) is 6.04 Å². The Kier molecular flexibility index (Phi) is 4.24. The lowest BCUT2D eigenvalue weighted by Gasteiger charge is -2.15. The summed E-state index contributed by atoms with van der Waals surface area (Å²) in [4.78, 5) is 11.1. The van der Waals surface area contributed by atoms with Gasteiger partial charge in [0.05, 0.1) is 12.5 Å². The van der Waals surface area contributed by atoms with E-state index in [2.05, 4.69) is 47.3 Å². The molecule has 0 saturated heterocycles. The van der Waals surface area contributed by atoms with Crippen LogP contribution in [0.4, 0.5) is 5.82 Å². The first-order chi connectivity index (χ1) is 10.7. The van der Waals surface area contributed by atoms with Crippen molar-refractivity contribution in [2.24, 2.45) is 0 Å². The number of nitrogens with one attached hydrogen (secondary N) is 1. The molecule has 22 heavy (non-hydrogen) atoms. The zero-order chi connectivity index (χ0) is 15.5. The van der Waals surface area contributed by atoms with Gasteiger partial charge in [0, 0.05) is 10.9 Å². The summed E-state index contributed by atoms with van der Waals surface area (Å²) in [6, 6.07) is 10.4. The molecule has 1 unspecified atom stereocenters. The van der Waals surface area contributed by atoms with Crippen LogP contribution in [0.25, 0.3) is 10.2 Å². The van der Waals surface area contributed by atoms with Gasteiger partial charge in [-0.2, -0.15) is 0 Å². The molecule has 2 aromatic heterocycles. The Balaban J connectivity index is 1.86. The fourth-order valence-corrected chi connectivity index (χ4v) is 3.31. The lowest BCUT2D eigenvalue weighted by Crippen LogP contribution is -2.08. The number of methoxy groups -OCH3 is 1. The van der Waals surface area contributed by atoms with Crippen LogP contribution in [0.3, 0.4) is 0 Å². The molecule has 0 fully saturated rings. The van der Waals surface area contributed by atoms with Crippen LogP contribution in [0.1, 0.15) is 30.3 Å². The Hall–Kier alpha value is -2.14. The summed E-state index contributed by atoms with van der Waals surface area (Å²) in [5.74, 6) is 1.76. The van der Waals surface area contributed by atoms with Gasteiger partial charge in [-0.05, 0) is 37.1 Å². The highest BCUT2D eigenvalue weighted by atomic mass is 32.1. The predicted octanol–water partition coefficient (Wildman–Crippen LogP) is 4.44. The highest BCUT2D eigenvalue weighted by molar-refractivity contribution is 7.18. The molecule has 0 aliphatic carbocycles. The Bertz CT molecular complexity index is 767. The predicted molar refractivity (Wildman–Crippen MR) is 91.8 cm³/mol. The third-order valence-corrected chi connectivity index (χ3v) is 4.89. The number of anilines is 1. The van der Waals surface area contributed by atoms with Crippen molar-refractivity contribution in [1.82, 2.24) is 9.97 Å². The van der Waals surface area contributed by atoms with E-state index in [4.69, 9.17) is 4.74 Å². The number of aromatic nitrogens is 2. The molecule has 2 heterocycles. The second kappa shape index (κ2) is 6.32. The standard InChI is InChI=1S/C17H19N3OS/c1-4-14-9-15-16(18-10-19-17(15)22-14)20-11(2)12-5-7-13(21-3)8-6-12/h5-11H,4H2,1-3H3,(H,18,19,20). The quantitative estimate of drug-likeness (QED) is 0.756. The maximum atomic E-state index is 5.20. The molecule has 1 aromatic carbocycles. The molecule has 5 heteroatoms. The van der Waals surface area contributed by atoms with Gasteiger partial charge in [-0.3, -0.25) is 0 Å². The van der Waals surface area contributed by atoms with Gasteiger partial charge in [-0.15, -0.1) is 11.3 Å². The third-order valence-electron chi connectivity index (χ3n) is 3.70. The summed E-state index contributed by atoms with van der Waals surface area (Å²) in [6.45, 7) is 4.29. The average Bonchev–Trinajstić information content (AvgIpc) is 2.99. The van der Waals surface area contributed by atoms with Crippen LogP contribution in [0.2, 0.25) is 0 Å². The average molecular weight is 313 g/mol. The number of fused-ring (bicyclic) bond motifs is 1. The fraction of sp³-hybridized carbons (Fsp3) is 0.294. The summed E-state index contributed by atoms with van der Waals surface area (Å²) in [5, 5.41) is 4.59. The molecule has 1 atom stereocenters. The minimum Gasteiger partial charge on any atom is -0.497 e. The van der Waals surface area contributed by atoms with E-state index in [0.29, 0.717) is 0 Å². The van der Waals surface area contributed by atoms with E-state index in [1.807, 2.05) is 12.1 Å². The molecule has 114 valence electrons. The molecule has 0 amide bonds. The van der Waals surface area contributed by atoms with Crippen LogP contribution in [0.5, 0.6) is 5.75 Å². The van der Waals surface area contributed by atoms with Crippen molar-refractivity contribution < 1.29 is 4.74 Å². The number of nitrogens with zero attached hydrogens (tertiary/aromatic N) is 2. The Morgan fingerprint density at radius 1 is 1.23 bits per heavy atom. The molecule has 3 rings (SSSR count). The molecule has 0 radical (unpaired) electrons. The number of hydrogen-bond donors (Lipinski definition) is 1. The molecule has 0 aliphatic heterocycles. The molecule has 0 bridgehead atoms. The van der Waals surface area contributed by atoms with E-state index >= 15 is 0 Å². The van der Waals surface area contributed by atoms with E-state index in [1.165, 1.54) is 10.4 Å². The second-order valence-electron chi connectivity index (χ2n) is 5.15. The van der Waals surface area contributed by atoms with Crippen LogP contribution in [-0.4, -0.2) is 17.1 Å². The van der Waals surface area contributed by atoms with Gasteiger partial charge < -0.3 is 10.1 Å². The summed E-state index contributed by atoms with van der Waals surface area (Å²) >= 11 is 1.73. The summed E-state index contributed by atoms with van der Waals surface area (Å²) in [7, 11) is 1.68. The molecular formula is C17H19N3OS. The van der Waals surface area contributed by atoms with Crippen molar-refractivity contribution in [3.8, 4) is 5.75 Å². The van der Waals surface area contributed by atoms with Crippen molar-refractivity contribution in [2.45, 2.75) is 26.3 Å². The molecule has 0 saturated carbocycles. The zero-order valence-electron chi connectivity index (χ0n) is 13.0.